The molecule has 0 spiro atoms. The molecule has 2 aliphatic rings. The van der Waals surface area contributed by atoms with Crippen molar-refractivity contribution in [3.63, 3.8) is 0 Å². The molecule has 0 heterocycles. The van der Waals surface area contributed by atoms with Crippen molar-refractivity contribution in [2.75, 3.05) is 6.54 Å². The van der Waals surface area contributed by atoms with E-state index in [1.807, 2.05) is 18.2 Å². The number of carbonyl (C=O) groups excluding carboxylic acids is 1. The molecular formula is C14H17NO. The van der Waals surface area contributed by atoms with E-state index in [1.54, 1.807) is 0 Å². The third-order valence-corrected chi connectivity index (χ3v) is 3.62. The van der Waals surface area contributed by atoms with Crippen molar-refractivity contribution in [1.29, 1.82) is 0 Å². The molecule has 2 fully saturated rings. The number of hydrogen-bond donors (Lipinski definition) is 1. The number of amides is 1. The van der Waals surface area contributed by atoms with E-state index >= 15 is 0 Å². The lowest BCUT2D eigenvalue weighted by molar-refractivity contribution is -0.122. The van der Waals surface area contributed by atoms with Gasteiger partial charge in [-0.3, -0.25) is 4.79 Å². The summed E-state index contributed by atoms with van der Waals surface area (Å²) in [6.07, 6.45) is 3.63. The highest BCUT2D eigenvalue weighted by Crippen LogP contribution is 2.47. The first-order chi connectivity index (χ1) is 7.84. The minimum atomic E-state index is 0.237. The van der Waals surface area contributed by atoms with E-state index in [-0.39, 0.29) is 11.8 Å². The number of benzene rings is 1. The molecular weight excluding hydrogens is 198 g/mol. The van der Waals surface area contributed by atoms with E-state index in [0.717, 1.165) is 18.9 Å². The van der Waals surface area contributed by atoms with E-state index in [2.05, 4.69) is 17.4 Å². The van der Waals surface area contributed by atoms with Gasteiger partial charge in [-0.25, -0.2) is 0 Å². The third kappa shape index (κ3) is 2.11. The highest BCUT2D eigenvalue weighted by molar-refractivity contribution is 5.82. The maximum absolute atomic E-state index is 11.8. The summed E-state index contributed by atoms with van der Waals surface area (Å²) in [6.45, 7) is 0.900. The van der Waals surface area contributed by atoms with Gasteiger partial charge in [0.25, 0.3) is 0 Å². The smallest absolute Gasteiger partial charge is 0.223 e. The highest BCUT2D eigenvalue weighted by Gasteiger charge is 2.43. The molecule has 1 aromatic carbocycles. The molecule has 1 amide bonds. The minimum Gasteiger partial charge on any atom is -0.356 e. The Morgan fingerprint density at radius 1 is 1.25 bits per heavy atom. The van der Waals surface area contributed by atoms with Crippen LogP contribution in [0.15, 0.2) is 30.3 Å². The average Bonchev–Trinajstić information content (AvgIpc) is 3.19. The van der Waals surface area contributed by atoms with E-state index < -0.39 is 0 Å². The zero-order valence-electron chi connectivity index (χ0n) is 9.36. The summed E-state index contributed by atoms with van der Waals surface area (Å²) in [4.78, 5) is 11.8. The molecule has 0 radical (unpaired) electrons. The summed E-state index contributed by atoms with van der Waals surface area (Å²) >= 11 is 0. The lowest BCUT2D eigenvalue weighted by Crippen LogP contribution is -2.27. The number of hydrogen-bond acceptors (Lipinski definition) is 1. The fraction of sp³-hybridized carbons (Fsp3) is 0.500. The maximum Gasteiger partial charge on any atom is 0.223 e. The van der Waals surface area contributed by atoms with Crippen molar-refractivity contribution in [3.05, 3.63) is 35.9 Å². The summed E-state index contributed by atoms with van der Waals surface area (Å²) in [6, 6.07) is 10.4. The van der Waals surface area contributed by atoms with Crippen molar-refractivity contribution in [1.82, 2.24) is 5.32 Å². The van der Waals surface area contributed by atoms with Gasteiger partial charge in [0.1, 0.15) is 0 Å². The SMILES string of the molecule is O=C(NCC1CC1)C1CC1c1ccccc1. The summed E-state index contributed by atoms with van der Waals surface area (Å²) in [7, 11) is 0. The summed E-state index contributed by atoms with van der Waals surface area (Å²) < 4.78 is 0. The Morgan fingerprint density at radius 2 is 2.00 bits per heavy atom. The van der Waals surface area contributed by atoms with E-state index in [4.69, 9.17) is 0 Å². The van der Waals surface area contributed by atoms with Crippen LogP contribution >= 0.6 is 0 Å². The van der Waals surface area contributed by atoms with Gasteiger partial charge in [0.05, 0.1) is 0 Å². The molecule has 2 unspecified atom stereocenters. The molecule has 0 aromatic heterocycles. The summed E-state index contributed by atoms with van der Waals surface area (Å²) in [5.41, 5.74) is 1.31. The molecule has 2 nitrogen and oxygen atoms in total. The van der Waals surface area contributed by atoms with Crippen molar-refractivity contribution in [2.24, 2.45) is 11.8 Å². The first-order valence-electron chi connectivity index (χ1n) is 6.17. The molecule has 0 bridgehead atoms. The molecule has 16 heavy (non-hydrogen) atoms. The molecule has 2 heteroatoms. The second kappa shape index (κ2) is 3.93. The molecule has 2 saturated carbocycles. The van der Waals surface area contributed by atoms with Gasteiger partial charge in [0.15, 0.2) is 0 Å². The molecule has 1 aromatic rings. The molecule has 1 N–H and O–H groups in total. The van der Waals surface area contributed by atoms with Gasteiger partial charge in [-0.05, 0) is 36.7 Å². The molecule has 3 rings (SSSR count). The van der Waals surface area contributed by atoms with Gasteiger partial charge >= 0.3 is 0 Å². The second-order valence-electron chi connectivity index (χ2n) is 5.05. The summed E-state index contributed by atoms with van der Waals surface area (Å²) in [5, 5.41) is 3.07. The minimum absolute atomic E-state index is 0.237. The molecule has 2 aliphatic carbocycles. The van der Waals surface area contributed by atoms with Gasteiger partial charge < -0.3 is 5.32 Å². The predicted molar refractivity (Wildman–Crippen MR) is 63.0 cm³/mol. The third-order valence-electron chi connectivity index (χ3n) is 3.62. The van der Waals surface area contributed by atoms with Gasteiger partial charge in [0, 0.05) is 12.5 Å². The number of carbonyl (C=O) groups is 1. The van der Waals surface area contributed by atoms with Gasteiger partial charge in [-0.1, -0.05) is 30.3 Å². The van der Waals surface area contributed by atoms with Crippen LogP contribution in [0, 0.1) is 11.8 Å². The van der Waals surface area contributed by atoms with Crippen LogP contribution in [-0.2, 0) is 4.79 Å². The second-order valence-corrected chi connectivity index (χ2v) is 5.05. The summed E-state index contributed by atoms with van der Waals surface area (Å²) in [5.74, 6) is 1.75. The lowest BCUT2D eigenvalue weighted by atomic mass is 10.1. The van der Waals surface area contributed by atoms with Crippen molar-refractivity contribution in [2.45, 2.75) is 25.2 Å². The van der Waals surface area contributed by atoms with Crippen LogP contribution in [0.5, 0.6) is 0 Å². The maximum atomic E-state index is 11.8. The molecule has 0 aliphatic heterocycles. The monoisotopic (exact) mass is 215 g/mol. The van der Waals surface area contributed by atoms with Gasteiger partial charge in [-0.15, -0.1) is 0 Å². The quantitative estimate of drug-likeness (QED) is 0.820. The highest BCUT2D eigenvalue weighted by atomic mass is 16.2. The first kappa shape index (κ1) is 9.88. The van der Waals surface area contributed by atoms with Crippen LogP contribution in [0.4, 0.5) is 0 Å². The van der Waals surface area contributed by atoms with E-state index in [9.17, 15) is 4.79 Å². The van der Waals surface area contributed by atoms with Crippen LogP contribution in [-0.4, -0.2) is 12.5 Å². The van der Waals surface area contributed by atoms with Crippen LogP contribution in [0.1, 0.15) is 30.7 Å². The molecule has 0 saturated heterocycles. The molecule has 84 valence electrons. The van der Waals surface area contributed by atoms with Crippen LogP contribution in [0.2, 0.25) is 0 Å². The van der Waals surface area contributed by atoms with Gasteiger partial charge in [0.2, 0.25) is 5.91 Å². The van der Waals surface area contributed by atoms with Crippen LogP contribution in [0.3, 0.4) is 0 Å². The Hall–Kier alpha value is -1.31. The zero-order valence-corrected chi connectivity index (χ0v) is 9.36. The van der Waals surface area contributed by atoms with Crippen LogP contribution < -0.4 is 5.32 Å². The zero-order chi connectivity index (χ0) is 11.0. The average molecular weight is 215 g/mol. The Bertz CT molecular complexity index is 383. The largest absolute Gasteiger partial charge is 0.356 e. The number of rotatable bonds is 4. The topological polar surface area (TPSA) is 29.1 Å². The normalized spacial score (nSPS) is 27.5. The van der Waals surface area contributed by atoms with Crippen molar-refractivity contribution >= 4 is 5.91 Å². The van der Waals surface area contributed by atoms with E-state index in [1.165, 1.54) is 18.4 Å². The fourth-order valence-electron chi connectivity index (χ4n) is 2.25. The van der Waals surface area contributed by atoms with Crippen molar-refractivity contribution in [3.8, 4) is 0 Å². The fourth-order valence-corrected chi connectivity index (χ4v) is 2.25. The van der Waals surface area contributed by atoms with E-state index in [0.29, 0.717) is 5.92 Å². The Balaban J connectivity index is 1.52. The number of nitrogens with one attached hydrogen (secondary N) is 1. The Morgan fingerprint density at radius 3 is 2.69 bits per heavy atom. The Kier molecular flexibility index (Phi) is 2.43. The Labute approximate surface area is 96.1 Å². The predicted octanol–water partition coefficient (Wildman–Crippen LogP) is 2.32. The van der Waals surface area contributed by atoms with Crippen LogP contribution in [0.25, 0.3) is 0 Å². The first-order valence-corrected chi connectivity index (χ1v) is 6.17. The van der Waals surface area contributed by atoms with Gasteiger partial charge in [-0.2, -0.15) is 0 Å². The lowest BCUT2D eigenvalue weighted by Gasteiger charge is -2.03. The molecule has 2 atom stereocenters. The standard InChI is InChI=1S/C14H17NO/c16-14(15-9-10-6-7-10)13-8-12(13)11-4-2-1-3-5-11/h1-5,10,12-13H,6-9H2,(H,15,16). The van der Waals surface area contributed by atoms with Crippen molar-refractivity contribution < 1.29 is 4.79 Å².